The molecule has 3 rings (SSSR count). The molecule has 1 atom stereocenters. The van der Waals surface area contributed by atoms with Crippen molar-refractivity contribution in [3.8, 4) is 0 Å². The van der Waals surface area contributed by atoms with E-state index in [1.165, 1.54) is 30.8 Å². The fourth-order valence-corrected chi connectivity index (χ4v) is 3.77. The fraction of sp³-hybridized carbons (Fsp3) is 0.500. The van der Waals surface area contributed by atoms with Gasteiger partial charge in [0.25, 0.3) is 11.7 Å². The first-order chi connectivity index (χ1) is 14.5. The number of anilines is 1. The zero-order chi connectivity index (χ0) is 22.9. The Morgan fingerprint density at radius 2 is 1.87 bits per heavy atom. The molecule has 1 aromatic heterocycles. The molecule has 1 unspecified atom stereocenters. The molecule has 7 nitrogen and oxygen atoms in total. The summed E-state index contributed by atoms with van der Waals surface area (Å²) in [5, 5.41) is 3.66. The summed E-state index contributed by atoms with van der Waals surface area (Å²) in [6, 6.07) is 3.28. The van der Waals surface area contributed by atoms with Gasteiger partial charge in [0.1, 0.15) is 5.82 Å². The van der Waals surface area contributed by atoms with Crippen molar-refractivity contribution >= 4 is 17.8 Å². The third kappa shape index (κ3) is 4.70. The molecule has 31 heavy (non-hydrogen) atoms. The topological polar surface area (TPSA) is 94.1 Å². The van der Waals surface area contributed by atoms with Gasteiger partial charge in [-0.25, -0.2) is 9.07 Å². The Hall–Kier alpha value is -2.98. The molecule has 1 heterocycles. The number of nitrogens with zero attached hydrogens (tertiary/aromatic N) is 4. The van der Waals surface area contributed by atoms with E-state index >= 15 is 0 Å². The SMILES string of the molecule is CC(C(=O)N(C)c1nc(C(F)(F)F)nn1C1CCCCC1)c1ccc(C(N)=O)c(F)c1. The molecule has 168 valence electrons. The average Bonchev–Trinajstić information content (AvgIpc) is 3.18. The van der Waals surface area contributed by atoms with Crippen molar-refractivity contribution in [3.63, 3.8) is 0 Å². The molecular weight excluding hydrogens is 418 g/mol. The fourth-order valence-electron chi connectivity index (χ4n) is 3.77. The van der Waals surface area contributed by atoms with E-state index in [9.17, 15) is 27.2 Å². The van der Waals surface area contributed by atoms with Crippen LogP contribution in [0.3, 0.4) is 0 Å². The van der Waals surface area contributed by atoms with E-state index in [1.54, 1.807) is 0 Å². The first kappa shape index (κ1) is 22.7. The molecule has 0 saturated heterocycles. The second kappa shape index (κ2) is 8.64. The van der Waals surface area contributed by atoms with Crippen LogP contribution in [0.4, 0.5) is 23.5 Å². The highest BCUT2D eigenvalue weighted by molar-refractivity contribution is 5.96. The van der Waals surface area contributed by atoms with Gasteiger partial charge in [-0.05, 0) is 37.5 Å². The van der Waals surface area contributed by atoms with E-state index in [4.69, 9.17) is 5.73 Å². The van der Waals surface area contributed by atoms with Crippen LogP contribution in [-0.2, 0) is 11.0 Å². The third-order valence-electron chi connectivity index (χ3n) is 5.55. The standard InChI is InChI=1S/C20H23F4N5O2/c1-11(12-8-9-14(16(25)30)15(21)10-12)17(31)28(2)19-26-18(20(22,23)24)27-29(19)13-6-4-3-5-7-13/h8-11,13H,3-7H2,1-2H3,(H2,25,30). The zero-order valence-electron chi connectivity index (χ0n) is 17.1. The average molecular weight is 441 g/mol. The van der Waals surface area contributed by atoms with Crippen molar-refractivity contribution in [2.24, 2.45) is 5.73 Å². The molecule has 2 amide bonds. The molecule has 0 spiro atoms. The van der Waals surface area contributed by atoms with Gasteiger partial charge < -0.3 is 5.73 Å². The molecule has 0 radical (unpaired) electrons. The van der Waals surface area contributed by atoms with Gasteiger partial charge >= 0.3 is 6.18 Å². The van der Waals surface area contributed by atoms with Crippen LogP contribution in [0.25, 0.3) is 0 Å². The second-order valence-electron chi connectivity index (χ2n) is 7.69. The summed E-state index contributed by atoms with van der Waals surface area (Å²) in [6.45, 7) is 1.49. The lowest BCUT2D eigenvalue weighted by Gasteiger charge is -2.26. The number of benzene rings is 1. The van der Waals surface area contributed by atoms with Crippen molar-refractivity contribution in [3.05, 3.63) is 41.0 Å². The molecule has 2 aromatic rings. The van der Waals surface area contributed by atoms with Gasteiger partial charge in [-0.3, -0.25) is 14.5 Å². The smallest absolute Gasteiger partial charge is 0.366 e. The Kier molecular flexibility index (Phi) is 6.33. The lowest BCUT2D eigenvalue weighted by Crippen LogP contribution is -2.34. The summed E-state index contributed by atoms with van der Waals surface area (Å²) in [7, 11) is 1.32. The maximum absolute atomic E-state index is 14.1. The number of primary amides is 1. The molecule has 1 aliphatic rings. The zero-order valence-corrected chi connectivity index (χ0v) is 17.1. The van der Waals surface area contributed by atoms with Crippen LogP contribution in [0.1, 0.15) is 72.7 Å². The predicted octanol–water partition coefficient (Wildman–Crippen LogP) is 3.81. The Morgan fingerprint density at radius 1 is 1.23 bits per heavy atom. The van der Waals surface area contributed by atoms with E-state index in [0.717, 1.165) is 30.2 Å². The number of rotatable bonds is 5. The lowest BCUT2D eigenvalue weighted by atomic mass is 9.95. The van der Waals surface area contributed by atoms with E-state index in [2.05, 4.69) is 10.1 Å². The normalized spacial score (nSPS) is 16.2. The first-order valence-electron chi connectivity index (χ1n) is 9.91. The summed E-state index contributed by atoms with van der Waals surface area (Å²) in [6.07, 6.45) is -0.769. The number of aromatic nitrogens is 3. The van der Waals surface area contributed by atoms with E-state index in [-0.39, 0.29) is 23.1 Å². The van der Waals surface area contributed by atoms with Gasteiger partial charge in [0, 0.05) is 7.05 Å². The minimum atomic E-state index is -4.75. The van der Waals surface area contributed by atoms with Crippen molar-refractivity contribution < 1.29 is 27.2 Å². The van der Waals surface area contributed by atoms with Gasteiger partial charge in [-0.15, -0.1) is 5.10 Å². The highest BCUT2D eigenvalue weighted by Gasteiger charge is 2.39. The summed E-state index contributed by atoms with van der Waals surface area (Å²) in [4.78, 5) is 28.8. The van der Waals surface area contributed by atoms with Crippen LogP contribution >= 0.6 is 0 Å². The number of likely N-dealkylation sites (N-methyl/N-ethyl adjacent to an activating group) is 1. The number of carbonyl (C=O) groups is 2. The van der Waals surface area contributed by atoms with Gasteiger partial charge in [0.2, 0.25) is 11.9 Å². The monoisotopic (exact) mass is 441 g/mol. The largest absolute Gasteiger partial charge is 0.453 e. The number of nitrogens with two attached hydrogens (primary N) is 1. The molecule has 2 N–H and O–H groups in total. The summed E-state index contributed by atoms with van der Waals surface area (Å²) < 4.78 is 55.1. The van der Waals surface area contributed by atoms with E-state index in [0.29, 0.717) is 12.8 Å². The Morgan fingerprint density at radius 3 is 2.42 bits per heavy atom. The van der Waals surface area contributed by atoms with E-state index in [1.807, 2.05) is 0 Å². The highest BCUT2D eigenvalue weighted by atomic mass is 19.4. The number of halogens is 4. The van der Waals surface area contributed by atoms with Gasteiger partial charge in [-0.2, -0.15) is 18.2 Å². The van der Waals surface area contributed by atoms with E-state index < -0.39 is 35.6 Å². The number of carbonyl (C=O) groups excluding carboxylic acids is 2. The maximum Gasteiger partial charge on any atom is 0.453 e. The molecule has 0 aliphatic heterocycles. The van der Waals surface area contributed by atoms with Crippen LogP contribution in [0.5, 0.6) is 0 Å². The van der Waals surface area contributed by atoms with Crippen LogP contribution in [0.15, 0.2) is 18.2 Å². The summed E-state index contributed by atoms with van der Waals surface area (Å²) >= 11 is 0. The second-order valence-corrected chi connectivity index (χ2v) is 7.69. The highest BCUT2D eigenvalue weighted by Crippen LogP contribution is 2.35. The quantitative estimate of drug-likeness (QED) is 0.714. The molecular formula is C20H23F4N5O2. The molecule has 1 fully saturated rings. The number of amides is 2. The molecule has 1 aliphatic carbocycles. The van der Waals surface area contributed by atoms with Crippen LogP contribution in [0, 0.1) is 5.82 Å². The van der Waals surface area contributed by atoms with Crippen LogP contribution in [0.2, 0.25) is 0 Å². The lowest BCUT2D eigenvalue weighted by molar-refractivity contribution is -0.145. The van der Waals surface area contributed by atoms with Gasteiger partial charge in [-0.1, -0.05) is 25.3 Å². The van der Waals surface area contributed by atoms with Crippen molar-refractivity contribution in [1.29, 1.82) is 0 Å². The van der Waals surface area contributed by atoms with Gasteiger partial charge in [0.15, 0.2) is 0 Å². The van der Waals surface area contributed by atoms with Crippen molar-refractivity contribution in [1.82, 2.24) is 14.8 Å². The number of hydrogen-bond donors (Lipinski definition) is 1. The van der Waals surface area contributed by atoms with Crippen molar-refractivity contribution in [2.45, 2.75) is 57.2 Å². The van der Waals surface area contributed by atoms with Gasteiger partial charge in [0.05, 0.1) is 17.5 Å². The summed E-state index contributed by atoms with van der Waals surface area (Å²) in [5.74, 6) is -4.84. The Labute approximate surface area is 176 Å². The third-order valence-corrected chi connectivity index (χ3v) is 5.55. The molecule has 0 bridgehead atoms. The Bertz CT molecular complexity index is 982. The molecule has 1 saturated carbocycles. The number of alkyl halides is 3. The molecule has 1 aromatic carbocycles. The minimum Gasteiger partial charge on any atom is -0.366 e. The van der Waals surface area contributed by atoms with Crippen LogP contribution in [-0.4, -0.2) is 33.6 Å². The first-order valence-corrected chi connectivity index (χ1v) is 9.91. The predicted molar refractivity (Wildman–Crippen MR) is 104 cm³/mol. The van der Waals surface area contributed by atoms with Crippen molar-refractivity contribution in [2.75, 3.05) is 11.9 Å². The maximum atomic E-state index is 14.1. The Balaban J connectivity index is 1.92. The number of hydrogen-bond acceptors (Lipinski definition) is 4. The minimum absolute atomic E-state index is 0.203. The summed E-state index contributed by atoms with van der Waals surface area (Å²) in [5.41, 5.74) is 5.02. The van der Waals surface area contributed by atoms with Crippen LogP contribution < -0.4 is 10.6 Å². The molecule has 11 heteroatoms.